The van der Waals surface area contributed by atoms with Crippen molar-refractivity contribution in [3.8, 4) is 0 Å². The van der Waals surface area contributed by atoms with Gasteiger partial charge in [-0.1, -0.05) is 62.7 Å². The molecule has 0 bridgehead atoms. The van der Waals surface area contributed by atoms with E-state index >= 15 is 0 Å². The summed E-state index contributed by atoms with van der Waals surface area (Å²) in [6.07, 6.45) is 0.706. The lowest BCUT2D eigenvalue weighted by Gasteiger charge is -2.39. The van der Waals surface area contributed by atoms with Crippen molar-refractivity contribution in [2.45, 2.75) is 81.5 Å². The van der Waals surface area contributed by atoms with Gasteiger partial charge in [0.05, 0.1) is 18.2 Å². The Morgan fingerprint density at radius 2 is 1.80 bits per heavy atom. The molecule has 1 aliphatic heterocycles. The zero-order valence-electron chi connectivity index (χ0n) is 25.0. The SMILES string of the molecule is CCC[C@@]1(CCCc2ccccc2)CC(OC)=C([C@H](CC)c2cccc(NS(=O)(=O)c3ccc(C(F)(F)F)cn3)c2)C(=O)O1. The van der Waals surface area contributed by atoms with Gasteiger partial charge in [0.1, 0.15) is 11.4 Å². The zero-order chi connectivity index (χ0) is 32.0. The highest BCUT2D eigenvalue weighted by atomic mass is 32.2. The van der Waals surface area contributed by atoms with E-state index in [2.05, 4.69) is 28.8 Å². The highest BCUT2D eigenvalue weighted by Crippen LogP contribution is 2.43. The second-order valence-electron chi connectivity index (χ2n) is 11.0. The minimum absolute atomic E-state index is 0.174. The van der Waals surface area contributed by atoms with Crippen LogP contribution in [-0.4, -0.2) is 32.1 Å². The fourth-order valence-electron chi connectivity index (χ4n) is 5.77. The van der Waals surface area contributed by atoms with Gasteiger partial charge in [0.15, 0.2) is 5.03 Å². The van der Waals surface area contributed by atoms with Crippen molar-refractivity contribution in [1.82, 2.24) is 4.98 Å². The smallest absolute Gasteiger partial charge is 0.417 e. The van der Waals surface area contributed by atoms with Crippen LogP contribution in [0.15, 0.2) is 89.3 Å². The van der Waals surface area contributed by atoms with Crippen molar-refractivity contribution >= 4 is 21.7 Å². The number of sulfonamides is 1. The number of anilines is 1. The number of aryl methyl sites for hydroxylation is 1. The van der Waals surface area contributed by atoms with Crippen LogP contribution in [0.2, 0.25) is 0 Å². The summed E-state index contributed by atoms with van der Waals surface area (Å²) in [5.41, 5.74) is 0.716. The number of aromatic nitrogens is 1. The summed E-state index contributed by atoms with van der Waals surface area (Å²) in [7, 11) is -2.74. The van der Waals surface area contributed by atoms with Crippen LogP contribution < -0.4 is 4.72 Å². The Labute approximate surface area is 256 Å². The van der Waals surface area contributed by atoms with Crippen LogP contribution >= 0.6 is 0 Å². The molecule has 2 aromatic carbocycles. The molecular weight excluding hydrogens is 593 g/mol. The van der Waals surface area contributed by atoms with Gasteiger partial charge in [-0.2, -0.15) is 21.6 Å². The number of carbonyl (C=O) groups excluding carboxylic acids is 1. The number of ether oxygens (including phenoxy) is 2. The van der Waals surface area contributed by atoms with Crippen molar-refractivity contribution in [2.75, 3.05) is 11.8 Å². The number of rotatable bonds is 13. The minimum Gasteiger partial charge on any atom is -0.500 e. The van der Waals surface area contributed by atoms with E-state index in [1.165, 1.54) is 11.6 Å². The third-order valence-electron chi connectivity index (χ3n) is 7.84. The maximum absolute atomic E-state index is 13.7. The molecule has 0 unspecified atom stereocenters. The standard InChI is InChI=1S/C33H37F3N2O5S/c1-4-18-32(19-10-13-23-11-7-6-8-12-23)21-28(42-3)30(31(39)43-32)27(5-2)24-14-9-15-26(20-24)38-44(40,41)29-17-16-25(22-37-29)33(34,35)36/h6-9,11-12,14-17,20,22,27,38H,4-5,10,13,18-19,21H2,1-3H3/t27-,32-/m1/s1. The molecule has 0 amide bonds. The summed E-state index contributed by atoms with van der Waals surface area (Å²) in [4.78, 5) is 17.2. The molecule has 4 rings (SSSR count). The fraction of sp³-hybridized carbons (Fsp3) is 0.394. The average Bonchev–Trinajstić information content (AvgIpc) is 2.99. The second-order valence-corrected chi connectivity index (χ2v) is 12.6. The van der Waals surface area contributed by atoms with E-state index in [9.17, 15) is 26.4 Å². The molecule has 0 saturated carbocycles. The van der Waals surface area contributed by atoms with E-state index in [4.69, 9.17) is 9.47 Å². The Balaban J connectivity index is 1.57. The Hall–Kier alpha value is -3.86. The van der Waals surface area contributed by atoms with E-state index in [-0.39, 0.29) is 5.69 Å². The maximum atomic E-state index is 13.7. The molecular formula is C33H37F3N2O5S. The largest absolute Gasteiger partial charge is 0.500 e. The number of pyridine rings is 1. The van der Waals surface area contributed by atoms with Crippen LogP contribution in [0.1, 0.15) is 75.0 Å². The van der Waals surface area contributed by atoms with E-state index < -0.39 is 44.3 Å². The normalized spacial score (nSPS) is 18.1. The van der Waals surface area contributed by atoms with Gasteiger partial charge in [-0.25, -0.2) is 9.78 Å². The number of hydrogen-bond donors (Lipinski definition) is 1. The molecule has 0 spiro atoms. The van der Waals surface area contributed by atoms with Crippen molar-refractivity contribution in [3.63, 3.8) is 0 Å². The maximum Gasteiger partial charge on any atom is 0.417 e. The zero-order valence-corrected chi connectivity index (χ0v) is 25.8. The van der Waals surface area contributed by atoms with Crippen molar-refractivity contribution in [1.29, 1.82) is 0 Å². The Kier molecular flexibility index (Phi) is 10.4. The summed E-state index contributed by atoms with van der Waals surface area (Å²) >= 11 is 0. The number of methoxy groups -OCH3 is 1. The highest BCUT2D eigenvalue weighted by Gasteiger charge is 2.43. The van der Waals surface area contributed by atoms with E-state index in [0.29, 0.717) is 54.8 Å². The number of nitrogens with one attached hydrogen (secondary N) is 1. The first-order chi connectivity index (χ1) is 20.9. The number of carbonyl (C=O) groups is 1. The van der Waals surface area contributed by atoms with E-state index in [1.807, 2.05) is 25.1 Å². The van der Waals surface area contributed by atoms with Gasteiger partial charge >= 0.3 is 12.1 Å². The molecule has 2 atom stereocenters. The van der Waals surface area contributed by atoms with E-state index in [1.54, 1.807) is 25.3 Å². The van der Waals surface area contributed by atoms with Gasteiger partial charge in [0.2, 0.25) is 0 Å². The van der Waals surface area contributed by atoms with Crippen LogP contribution in [-0.2, 0) is 36.9 Å². The van der Waals surface area contributed by atoms with Crippen molar-refractivity contribution < 1.29 is 35.9 Å². The molecule has 0 saturated heterocycles. The molecule has 44 heavy (non-hydrogen) atoms. The third kappa shape index (κ3) is 7.80. The van der Waals surface area contributed by atoms with Crippen LogP contribution in [0.3, 0.4) is 0 Å². The molecule has 0 fully saturated rings. The number of nitrogens with zero attached hydrogens (tertiary/aromatic N) is 1. The quantitative estimate of drug-likeness (QED) is 0.194. The molecule has 0 aliphatic carbocycles. The molecule has 11 heteroatoms. The lowest BCUT2D eigenvalue weighted by atomic mass is 9.80. The first kappa shape index (κ1) is 33.0. The summed E-state index contributed by atoms with van der Waals surface area (Å²) in [6, 6.07) is 18.2. The Morgan fingerprint density at radius 3 is 2.41 bits per heavy atom. The minimum atomic E-state index is -4.64. The van der Waals surface area contributed by atoms with Crippen LogP contribution in [0, 0.1) is 0 Å². The van der Waals surface area contributed by atoms with Gasteiger partial charge in [0.25, 0.3) is 10.0 Å². The summed E-state index contributed by atoms with van der Waals surface area (Å²) in [6.45, 7) is 3.97. The summed E-state index contributed by atoms with van der Waals surface area (Å²) in [5, 5.41) is -0.553. The Bertz CT molecular complexity index is 1570. The topological polar surface area (TPSA) is 94.6 Å². The summed E-state index contributed by atoms with van der Waals surface area (Å²) < 4.78 is 79.0. The predicted molar refractivity (Wildman–Crippen MR) is 161 cm³/mol. The molecule has 7 nitrogen and oxygen atoms in total. The van der Waals surface area contributed by atoms with E-state index in [0.717, 1.165) is 25.3 Å². The molecule has 3 aromatic rings. The van der Waals surface area contributed by atoms with Gasteiger partial charge in [-0.05, 0) is 67.5 Å². The second kappa shape index (κ2) is 13.8. The van der Waals surface area contributed by atoms with Crippen LogP contribution in [0.25, 0.3) is 0 Å². The lowest BCUT2D eigenvalue weighted by molar-refractivity contribution is -0.161. The molecule has 1 N–H and O–H groups in total. The number of esters is 1. The summed E-state index contributed by atoms with van der Waals surface area (Å²) in [5.74, 6) is -0.343. The van der Waals surface area contributed by atoms with Crippen LogP contribution in [0.4, 0.5) is 18.9 Å². The molecule has 236 valence electrons. The molecule has 1 aliphatic rings. The molecule has 1 aromatic heterocycles. The highest BCUT2D eigenvalue weighted by molar-refractivity contribution is 7.92. The van der Waals surface area contributed by atoms with Crippen LogP contribution in [0.5, 0.6) is 0 Å². The van der Waals surface area contributed by atoms with Gasteiger partial charge < -0.3 is 9.47 Å². The first-order valence-electron chi connectivity index (χ1n) is 14.6. The number of halogens is 3. The van der Waals surface area contributed by atoms with Gasteiger partial charge in [-0.3, -0.25) is 4.72 Å². The predicted octanol–water partition coefficient (Wildman–Crippen LogP) is 7.80. The monoisotopic (exact) mass is 630 g/mol. The lowest BCUT2D eigenvalue weighted by Crippen LogP contribution is -2.41. The van der Waals surface area contributed by atoms with Gasteiger partial charge in [-0.15, -0.1) is 0 Å². The molecule has 2 heterocycles. The first-order valence-corrected chi connectivity index (χ1v) is 16.1. The number of cyclic esters (lactones) is 1. The number of alkyl halides is 3. The number of hydrogen-bond acceptors (Lipinski definition) is 6. The van der Waals surface area contributed by atoms with Crippen molar-refractivity contribution in [3.05, 3.63) is 101 Å². The van der Waals surface area contributed by atoms with Crippen molar-refractivity contribution in [2.24, 2.45) is 0 Å². The molecule has 0 radical (unpaired) electrons. The number of benzene rings is 2. The van der Waals surface area contributed by atoms with Gasteiger partial charge in [0, 0.05) is 24.2 Å². The fourth-order valence-corrected chi connectivity index (χ4v) is 6.75. The third-order valence-corrected chi connectivity index (χ3v) is 9.14. The Morgan fingerprint density at radius 1 is 1.05 bits per heavy atom. The average molecular weight is 631 g/mol.